The summed E-state index contributed by atoms with van der Waals surface area (Å²) in [7, 11) is 0. The van der Waals surface area contributed by atoms with Crippen LogP contribution in [0.15, 0.2) is 302 Å². The lowest BCUT2D eigenvalue weighted by atomic mass is 10.0. The van der Waals surface area contributed by atoms with Gasteiger partial charge in [-0.1, -0.05) is 158 Å². The number of nitrogens with zero attached hydrogens (tertiary/aromatic N) is 7. The smallest absolute Gasteiger partial charge is 0.237 e. The van der Waals surface area contributed by atoms with Crippen LogP contribution in [-0.4, -0.2) is 28.2 Å². The summed E-state index contributed by atoms with van der Waals surface area (Å²) < 4.78 is 16.0. The molecule has 0 bridgehead atoms. The lowest BCUT2D eigenvalue weighted by Gasteiger charge is -2.25. The molecule has 0 N–H and O–H groups in total. The van der Waals surface area contributed by atoms with E-state index in [9.17, 15) is 0 Å². The normalized spacial score (nSPS) is 12.1. The molecule has 0 atom stereocenters. The van der Waals surface area contributed by atoms with Crippen molar-refractivity contribution in [2.75, 3.05) is 4.90 Å². The van der Waals surface area contributed by atoms with Crippen molar-refractivity contribution < 1.29 is 4.42 Å². The molecule has 6 heterocycles. The number of rotatable bonds is 8. The van der Waals surface area contributed by atoms with Gasteiger partial charge in [-0.05, 0) is 145 Å². The van der Waals surface area contributed by atoms with Gasteiger partial charge in [0, 0.05) is 93.8 Å². The Hall–Kier alpha value is -12.0. The summed E-state index contributed by atoms with van der Waals surface area (Å²) in [5.41, 5.74) is 18.8. The van der Waals surface area contributed by atoms with Crippen LogP contribution in [0, 0.1) is 0 Å². The standard InChI is InChI=1S/C80H49N7O/c1-4-20-52(21-5-1)83(53-22-6-2-7-23-53)55-39-43-75-64(46-55)59-28-13-18-34-72(59)87(75)80-81-68-40-38-56(85-70-32-16-11-29-60(70)65-48-66-61-30-14-19-35-77(61)88-78(66)49-76(65)85)47-67(68)79(82-80)86-71-33-17-12-27-58(71)63-45-51(37-42-74(63)86)50-36-41-73-62(44-50)57-26-10-15-31-69(57)84(73)54-24-8-3-9-25-54/h1-49H. The van der Waals surface area contributed by atoms with E-state index in [1.165, 1.54) is 27.2 Å². The number of hydrogen-bond donors (Lipinski definition) is 0. The molecule has 0 saturated carbocycles. The molecule has 0 spiro atoms. The van der Waals surface area contributed by atoms with E-state index in [0.29, 0.717) is 5.95 Å². The molecule has 8 nitrogen and oxygen atoms in total. The van der Waals surface area contributed by atoms with Crippen LogP contribution in [-0.2, 0) is 0 Å². The van der Waals surface area contributed by atoms with Crippen molar-refractivity contribution in [1.82, 2.24) is 28.2 Å². The summed E-state index contributed by atoms with van der Waals surface area (Å²) in [5, 5.41) is 12.4. The highest BCUT2D eigenvalue weighted by Gasteiger charge is 2.25. The van der Waals surface area contributed by atoms with Gasteiger partial charge in [-0.25, -0.2) is 4.98 Å². The van der Waals surface area contributed by atoms with Gasteiger partial charge < -0.3 is 18.5 Å². The van der Waals surface area contributed by atoms with Crippen LogP contribution in [0.5, 0.6) is 0 Å². The molecule has 0 amide bonds. The fraction of sp³-hybridized carbons (Fsp3) is 0. The topological polar surface area (TPSA) is 61.9 Å². The molecule has 0 fully saturated rings. The molecule has 13 aromatic carbocycles. The Balaban J connectivity index is 0.853. The quantitative estimate of drug-likeness (QED) is 0.152. The largest absolute Gasteiger partial charge is 0.456 e. The third-order valence-corrected chi connectivity index (χ3v) is 18.1. The summed E-state index contributed by atoms with van der Waals surface area (Å²) in [6, 6.07) is 107. The first-order valence-electron chi connectivity index (χ1n) is 29.9. The molecular formula is C80H49N7O. The molecule has 6 aromatic heterocycles. The number of para-hydroxylation sites is 8. The maximum atomic E-state index is 6.58. The summed E-state index contributed by atoms with van der Waals surface area (Å²) in [4.78, 5) is 13.9. The minimum absolute atomic E-state index is 0.576. The highest BCUT2D eigenvalue weighted by atomic mass is 16.3. The number of benzene rings is 13. The van der Waals surface area contributed by atoms with Gasteiger partial charge in [-0.3, -0.25) is 9.13 Å². The predicted molar refractivity (Wildman–Crippen MR) is 364 cm³/mol. The van der Waals surface area contributed by atoms with Gasteiger partial charge in [0.05, 0.1) is 49.7 Å². The average Bonchev–Trinajstić information content (AvgIpc) is 2.03. The zero-order chi connectivity index (χ0) is 57.6. The molecule has 410 valence electrons. The summed E-state index contributed by atoms with van der Waals surface area (Å²) in [6.07, 6.45) is 0. The van der Waals surface area contributed by atoms with Crippen LogP contribution < -0.4 is 4.90 Å². The second kappa shape index (κ2) is 18.7. The van der Waals surface area contributed by atoms with Crippen LogP contribution in [0.25, 0.3) is 154 Å². The van der Waals surface area contributed by atoms with Gasteiger partial charge in [-0.15, -0.1) is 0 Å². The third kappa shape index (κ3) is 7.14. The number of aromatic nitrogens is 6. The van der Waals surface area contributed by atoms with E-state index in [4.69, 9.17) is 14.4 Å². The SMILES string of the molecule is c1ccc(N(c2ccccc2)c2ccc3c(c2)c2ccccc2n3-c2nc(-n3c4ccccc4c4cc(-c5ccc6c(c5)c5ccccc5n6-c5ccccc5)ccc43)c3cc(-n4c5ccccc5c5cc6c(cc54)oc4ccccc46)ccc3n2)cc1. The van der Waals surface area contributed by atoms with Crippen LogP contribution in [0.2, 0.25) is 0 Å². The van der Waals surface area contributed by atoms with Crippen molar-refractivity contribution in [2.24, 2.45) is 0 Å². The van der Waals surface area contributed by atoms with Crippen molar-refractivity contribution in [3.63, 3.8) is 0 Å². The molecular weight excluding hydrogens is 1070 g/mol. The Labute approximate surface area is 503 Å². The predicted octanol–water partition coefficient (Wildman–Crippen LogP) is 21.1. The van der Waals surface area contributed by atoms with Crippen LogP contribution in [0.4, 0.5) is 17.1 Å². The molecule has 0 aliphatic heterocycles. The molecule has 19 rings (SSSR count). The first kappa shape index (κ1) is 48.4. The van der Waals surface area contributed by atoms with Gasteiger partial charge in [0.25, 0.3) is 0 Å². The molecule has 19 aromatic rings. The van der Waals surface area contributed by atoms with Crippen LogP contribution in [0.3, 0.4) is 0 Å². The van der Waals surface area contributed by atoms with Crippen LogP contribution in [0.1, 0.15) is 0 Å². The van der Waals surface area contributed by atoms with E-state index in [-0.39, 0.29) is 0 Å². The van der Waals surface area contributed by atoms with Gasteiger partial charge in [0.2, 0.25) is 5.95 Å². The van der Waals surface area contributed by atoms with E-state index < -0.39 is 0 Å². The summed E-state index contributed by atoms with van der Waals surface area (Å²) in [6.45, 7) is 0. The molecule has 0 unspecified atom stereocenters. The van der Waals surface area contributed by atoms with Crippen molar-refractivity contribution >= 4 is 137 Å². The zero-order valence-corrected chi connectivity index (χ0v) is 47.3. The van der Waals surface area contributed by atoms with Crippen molar-refractivity contribution in [3.05, 3.63) is 297 Å². The molecule has 0 aliphatic carbocycles. The monoisotopic (exact) mass is 1120 g/mol. The van der Waals surface area contributed by atoms with E-state index in [0.717, 1.165) is 138 Å². The van der Waals surface area contributed by atoms with Crippen molar-refractivity contribution in [1.29, 1.82) is 0 Å². The molecule has 0 aliphatic rings. The minimum atomic E-state index is 0.576. The summed E-state index contributed by atoms with van der Waals surface area (Å²) >= 11 is 0. The fourth-order valence-electron chi connectivity index (χ4n) is 14.3. The van der Waals surface area contributed by atoms with Gasteiger partial charge in [-0.2, -0.15) is 4.98 Å². The average molecular weight is 1120 g/mol. The number of hydrogen-bond acceptors (Lipinski definition) is 4. The fourth-order valence-corrected chi connectivity index (χ4v) is 14.3. The van der Waals surface area contributed by atoms with Crippen molar-refractivity contribution in [3.8, 4) is 34.3 Å². The molecule has 0 radical (unpaired) electrons. The zero-order valence-electron chi connectivity index (χ0n) is 47.3. The Kier molecular flexibility index (Phi) is 10.3. The Morgan fingerprint density at radius 2 is 0.716 bits per heavy atom. The molecule has 8 heteroatoms. The number of fused-ring (bicyclic) bond motifs is 16. The van der Waals surface area contributed by atoms with Gasteiger partial charge in [0.1, 0.15) is 11.2 Å². The van der Waals surface area contributed by atoms with Gasteiger partial charge >= 0.3 is 0 Å². The lowest BCUT2D eigenvalue weighted by molar-refractivity contribution is 0.669. The first-order valence-corrected chi connectivity index (χ1v) is 29.9. The Bertz CT molecular complexity index is 6030. The Morgan fingerprint density at radius 3 is 1.34 bits per heavy atom. The summed E-state index contributed by atoms with van der Waals surface area (Å²) in [5.74, 6) is 1.35. The maximum Gasteiger partial charge on any atom is 0.237 e. The highest BCUT2D eigenvalue weighted by molar-refractivity contribution is 6.18. The van der Waals surface area contributed by atoms with E-state index >= 15 is 0 Å². The Morgan fingerprint density at radius 1 is 0.250 bits per heavy atom. The second-order valence-corrected chi connectivity index (χ2v) is 22.9. The third-order valence-electron chi connectivity index (χ3n) is 18.1. The highest BCUT2D eigenvalue weighted by Crippen LogP contribution is 2.44. The molecule has 88 heavy (non-hydrogen) atoms. The molecule has 0 saturated heterocycles. The minimum Gasteiger partial charge on any atom is -0.456 e. The second-order valence-electron chi connectivity index (χ2n) is 22.9. The van der Waals surface area contributed by atoms with E-state index in [1.54, 1.807) is 0 Å². The lowest BCUT2D eigenvalue weighted by Crippen LogP contribution is -2.10. The van der Waals surface area contributed by atoms with Crippen molar-refractivity contribution in [2.45, 2.75) is 0 Å². The van der Waals surface area contributed by atoms with E-state index in [2.05, 4.69) is 314 Å². The number of anilines is 3. The first-order chi connectivity index (χ1) is 43.6. The van der Waals surface area contributed by atoms with Gasteiger partial charge in [0.15, 0.2) is 5.82 Å². The maximum absolute atomic E-state index is 6.58. The number of furan rings is 1. The van der Waals surface area contributed by atoms with E-state index in [1.807, 2.05) is 6.07 Å². The van der Waals surface area contributed by atoms with Crippen LogP contribution >= 0.6 is 0 Å².